The van der Waals surface area contributed by atoms with E-state index in [9.17, 15) is 9.90 Å². The molecule has 1 aliphatic rings. The van der Waals surface area contributed by atoms with Crippen LogP contribution in [-0.4, -0.2) is 48.3 Å². The molecule has 110 valence electrons. The Morgan fingerprint density at radius 3 is 2.80 bits per heavy atom. The average Bonchev–Trinajstić information content (AvgIpc) is 2.79. The topological polar surface area (TPSA) is 49.8 Å². The Bertz CT molecular complexity index is 435. The molecule has 1 aromatic carbocycles. The number of hydrogen-bond acceptors (Lipinski definition) is 4. The Hall–Kier alpha value is -1.39. The number of carbonyl (C=O) groups is 1. The van der Waals surface area contributed by atoms with Crippen LogP contribution in [0.2, 0.25) is 0 Å². The maximum Gasteiger partial charge on any atom is 0.323 e. The maximum absolute atomic E-state index is 11.7. The lowest BCUT2D eigenvalue weighted by molar-refractivity contribution is -0.146. The van der Waals surface area contributed by atoms with Gasteiger partial charge in [0.05, 0.1) is 13.2 Å². The Morgan fingerprint density at radius 1 is 1.45 bits per heavy atom. The van der Waals surface area contributed by atoms with Gasteiger partial charge in [-0.2, -0.15) is 0 Å². The first-order chi connectivity index (χ1) is 9.60. The third kappa shape index (κ3) is 3.81. The van der Waals surface area contributed by atoms with Crippen LogP contribution < -0.4 is 0 Å². The highest BCUT2D eigenvalue weighted by Gasteiger charge is 2.37. The lowest BCUT2D eigenvalue weighted by Gasteiger charge is -2.25. The number of β-amino-alcohol motifs (C(OH)–C–C–N with tert-alkyl or cyclic N) is 1. The van der Waals surface area contributed by atoms with Gasteiger partial charge in [0.2, 0.25) is 0 Å². The quantitative estimate of drug-likeness (QED) is 0.828. The van der Waals surface area contributed by atoms with Gasteiger partial charge in [-0.1, -0.05) is 37.3 Å². The van der Waals surface area contributed by atoms with E-state index in [1.807, 2.05) is 23.1 Å². The monoisotopic (exact) mass is 277 g/mol. The van der Waals surface area contributed by atoms with Crippen LogP contribution in [-0.2, 0) is 16.0 Å². The number of carbonyl (C=O) groups excluding carboxylic acids is 1. The van der Waals surface area contributed by atoms with E-state index >= 15 is 0 Å². The number of nitrogens with zero attached hydrogens (tertiary/aromatic N) is 1. The summed E-state index contributed by atoms with van der Waals surface area (Å²) >= 11 is 0. The molecule has 4 nitrogen and oxygen atoms in total. The number of benzene rings is 1. The molecule has 0 aliphatic carbocycles. The van der Waals surface area contributed by atoms with Gasteiger partial charge in [0.15, 0.2) is 0 Å². The molecule has 0 amide bonds. The Kier molecular flexibility index (Phi) is 5.15. The minimum atomic E-state index is -0.428. The van der Waals surface area contributed by atoms with E-state index in [1.165, 1.54) is 12.7 Å². The van der Waals surface area contributed by atoms with E-state index in [2.05, 4.69) is 19.1 Å². The van der Waals surface area contributed by atoms with Crippen LogP contribution in [0.5, 0.6) is 0 Å². The van der Waals surface area contributed by atoms with Crippen molar-refractivity contribution in [3.05, 3.63) is 35.9 Å². The molecule has 0 bridgehead atoms. The highest BCUT2D eigenvalue weighted by Crippen LogP contribution is 2.21. The van der Waals surface area contributed by atoms with E-state index in [4.69, 9.17) is 4.74 Å². The van der Waals surface area contributed by atoms with Crippen molar-refractivity contribution < 1.29 is 14.6 Å². The molecule has 1 aromatic rings. The van der Waals surface area contributed by atoms with Crippen molar-refractivity contribution >= 4 is 5.97 Å². The molecule has 0 unspecified atom stereocenters. The van der Waals surface area contributed by atoms with E-state index in [0.717, 1.165) is 13.0 Å². The van der Waals surface area contributed by atoms with Crippen molar-refractivity contribution in [1.82, 2.24) is 4.90 Å². The van der Waals surface area contributed by atoms with Crippen LogP contribution >= 0.6 is 0 Å². The molecule has 1 aliphatic heterocycles. The van der Waals surface area contributed by atoms with Crippen LogP contribution in [0.4, 0.5) is 0 Å². The highest BCUT2D eigenvalue weighted by atomic mass is 16.5. The summed E-state index contributed by atoms with van der Waals surface area (Å²) in [6.07, 6.45) is 1.02. The van der Waals surface area contributed by atoms with Gasteiger partial charge < -0.3 is 9.84 Å². The van der Waals surface area contributed by atoms with E-state index < -0.39 is 6.10 Å². The van der Waals surface area contributed by atoms with Crippen molar-refractivity contribution in [1.29, 1.82) is 0 Å². The zero-order valence-corrected chi connectivity index (χ0v) is 12.2. The minimum Gasteiger partial charge on any atom is -0.468 e. The third-order valence-corrected chi connectivity index (χ3v) is 3.83. The number of methoxy groups -OCH3 is 1. The molecule has 0 radical (unpaired) electrons. The first-order valence-corrected chi connectivity index (χ1v) is 7.14. The number of aliphatic hydroxyl groups excluding tert-OH is 1. The molecular weight excluding hydrogens is 254 g/mol. The van der Waals surface area contributed by atoms with Gasteiger partial charge in [0.1, 0.15) is 6.04 Å². The predicted molar refractivity (Wildman–Crippen MR) is 77.3 cm³/mol. The van der Waals surface area contributed by atoms with Gasteiger partial charge in [-0.05, 0) is 17.9 Å². The summed E-state index contributed by atoms with van der Waals surface area (Å²) < 4.78 is 4.82. The minimum absolute atomic E-state index is 0.242. The van der Waals surface area contributed by atoms with Crippen molar-refractivity contribution in [2.75, 3.05) is 20.2 Å². The summed E-state index contributed by atoms with van der Waals surface area (Å²) in [4.78, 5) is 13.8. The summed E-state index contributed by atoms with van der Waals surface area (Å²) in [5.41, 5.74) is 1.30. The van der Waals surface area contributed by atoms with E-state index in [0.29, 0.717) is 18.9 Å². The molecule has 1 saturated heterocycles. The first-order valence-electron chi connectivity index (χ1n) is 7.14. The fourth-order valence-electron chi connectivity index (χ4n) is 2.94. The maximum atomic E-state index is 11.7. The van der Waals surface area contributed by atoms with Crippen molar-refractivity contribution in [2.45, 2.75) is 31.9 Å². The number of esters is 1. The zero-order chi connectivity index (χ0) is 14.5. The van der Waals surface area contributed by atoms with Crippen LogP contribution in [0.1, 0.15) is 18.9 Å². The number of ether oxygens (including phenoxy) is 1. The molecular formula is C16H23NO3. The number of hydrogen-bond donors (Lipinski definition) is 1. The SMILES string of the molecule is COC(=O)[C@@H]1C[C@@H](O)CN1C[C@@H](C)Cc1ccccc1. The van der Waals surface area contributed by atoms with Crippen LogP contribution in [0.15, 0.2) is 30.3 Å². The molecule has 2 rings (SSSR count). The van der Waals surface area contributed by atoms with Crippen LogP contribution in [0.3, 0.4) is 0 Å². The number of likely N-dealkylation sites (tertiary alicyclic amines) is 1. The number of rotatable bonds is 5. The smallest absolute Gasteiger partial charge is 0.323 e. The van der Waals surface area contributed by atoms with Gasteiger partial charge in [-0.3, -0.25) is 9.69 Å². The fraction of sp³-hybridized carbons (Fsp3) is 0.562. The molecule has 0 spiro atoms. The highest BCUT2D eigenvalue weighted by molar-refractivity contribution is 5.76. The molecule has 20 heavy (non-hydrogen) atoms. The molecule has 0 saturated carbocycles. The number of aliphatic hydroxyl groups is 1. The Balaban J connectivity index is 1.92. The summed E-state index contributed by atoms with van der Waals surface area (Å²) in [5.74, 6) is 0.184. The predicted octanol–water partition coefficient (Wildman–Crippen LogP) is 1.47. The van der Waals surface area contributed by atoms with Crippen LogP contribution in [0.25, 0.3) is 0 Å². The van der Waals surface area contributed by atoms with Crippen molar-refractivity contribution in [3.63, 3.8) is 0 Å². The standard InChI is InChI=1S/C16H23NO3/c1-12(8-13-6-4-3-5-7-13)10-17-11-14(18)9-15(17)16(19)20-2/h3-7,12,14-15,18H,8-11H2,1-2H3/t12-,14+,15-/m0/s1. The van der Waals surface area contributed by atoms with Gasteiger partial charge in [-0.25, -0.2) is 0 Å². The molecule has 1 heterocycles. The fourth-order valence-corrected chi connectivity index (χ4v) is 2.94. The zero-order valence-electron chi connectivity index (χ0n) is 12.2. The van der Waals surface area contributed by atoms with E-state index in [1.54, 1.807) is 0 Å². The molecule has 3 atom stereocenters. The summed E-state index contributed by atoms with van der Waals surface area (Å²) in [6, 6.07) is 10.0. The van der Waals surface area contributed by atoms with Gasteiger partial charge >= 0.3 is 5.97 Å². The lowest BCUT2D eigenvalue weighted by atomic mass is 10.0. The van der Waals surface area contributed by atoms with Gasteiger partial charge in [0.25, 0.3) is 0 Å². The summed E-state index contributed by atoms with van der Waals surface area (Å²) in [5, 5.41) is 9.77. The molecule has 4 heteroatoms. The second-order valence-electron chi connectivity index (χ2n) is 5.68. The molecule has 1 N–H and O–H groups in total. The lowest BCUT2D eigenvalue weighted by Crippen LogP contribution is -2.39. The molecule has 0 aromatic heterocycles. The Morgan fingerprint density at radius 2 is 2.15 bits per heavy atom. The second kappa shape index (κ2) is 6.86. The van der Waals surface area contributed by atoms with Crippen molar-refractivity contribution in [2.24, 2.45) is 5.92 Å². The van der Waals surface area contributed by atoms with E-state index in [-0.39, 0.29) is 12.0 Å². The second-order valence-corrected chi connectivity index (χ2v) is 5.68. The average molecular weight is 277 g/mol. The van der Waals surface area contributed by atoms with Crippen LogP contribution in [0, 0.1) is 5.92 Å². The molecule has 1 fully saturated rings. The summed E-state index contributed by atoms with van der Waals surface area (Å²) in [7, 11) is 1.40. The third-order valence-electron chi connectivity index (χ3n) is 3.83. The first kappa shape index (κ1) is 15.0. The normalized spacial score (nSPS) is 24.6. The van der Waals surface area contributed by atoms with Gasteiger partial charge in [-0.15, -0.1) is 0 Å². The largest absolute Gasteiger partial charge is 0.468 e. The summed E-state index contributed by atoms with van der Waals surface area (Å²) in [6.45, 7) is 3.52. The van der Waals surface area contributed by atoms with Gasteiger partial charge in [0, 0.05) is 19.5 Å². The Labute approximate surface area is 120 Å². The van der Waals surface area contributed by atoms with Crippen molar-refractivity contribution in [3.8, 4) is 0 Å².